The van der Waals surface area contributed by atoms with Gasteiger partial charge in [-0.3, -0.25) is 4.72 Å². The predicted octanol–water partition coefficient (Wildman–Crippen LogP) is 2.32. The van der Waals surface area contributed by atoms with Gasteiger partial charge in [0.25, 0.3) is 10.0 Å². The normalized spacial score (nSPS) is 11.3. The highest BCUT2D eigenvalue weighted by molar-refractivity contribution is 7.93. The number of nitrogens with zero attached hydrogens (tertiary/aromatic N) is 1. The first-order valence-electron chi connectivity index (χ1n) is 5.07. The first kappa shape index (κ1) is 14.7. The average molecular weight is 335 g/mol. The molecule has 1 aromatic heterocycles. The quantitative estimate of drug-likeness (QED) is 0.588. The Balaban J connectivity index is 2.46. The highest BCUT2D eigenvalue weighted by Crippen LogP contribution is 2.27. The van der Waals surface area contributed by atoms with Crippen molar-refractivity contribution >= 4 is 50.0 Å². The number of sulfonamides is 1. The number of nitrogen functional groups attached to an aromatic ring is 1. The van der Waals surface area contributed by atoms with Gasteiger partial charge in [-0.15, -0.1) is 0 Å². The van der Waals surface area contributed by atoms with E-state index in [1.54, 1.807) is 0 Å². The van der Waals surface area contributed by atoms with Crippen LogP contribution in [-0.2, 0) is 10.0 Å². The number of anilines is 2. The van der Waals surface area contributed by atoms with Gasteiger partial charge in [-0.05, 0) is 12.1 Å². The number of hydrogen-bond donors (Lipinski definition) is 3. The lowest BCUT2D eigenvalue weighted by Gasteiger charge is -2.08. The minimum atomic E-state index is -4.17. The second kappa shape index (κ2) is 5.35. The zero-order valence-corrected chi connectivity index (χ0v) is 12.1. The third-order valence-electron chi connectivity index (χ3n) is 2.28. The molecule has 0 aliphatic carbocycles. The van der Waals surface area contributed by atoms with E-state index in [9.17, 15) is 12.8 Å². The SMILES string of the molecule is N=Cc1cc(S(=O)(=O)Nc2ncc(Cl)s2)c(F)cc1N. The fraction of sp³-hybridized carbons (Fsp3) is 0. The van der Waals surface area contributed by atoms with E-state index in [1.165, 1.54) is 6.20 Å². The van der Waals surface area contributed by atoms with Crippen LogP contribution >= 0.6 is 22.9 Å². The maximum absolute atomic E-state index is 13.8. The lowest BCUT2D eigenvalue weighted by Crippen LogP contribution is -2.15. The highest BCUT2D eigenvalue weighted by Gasteiger charge is 2.22. The minimum Gasteiger partial charge on any atom is -0.398 e. The van der Waals surface area contributed by atoms with Gasteiger partial charge in [-0.25, -0.2) is 17.8 Å². The molecular formula is C10H8ClFN4O2S2. The van der Waals surface area contributed by atoms with Gasteiger partial charge in [0.1, 0.15) is 15.0 Å². The molecule has 0 saturated carbocycles. The number of rotatable bonds is 4. The highest BCUT2D eigenvalue weighted by atomic mass is 35.5. The summed E-state index contributed by atoms with van der Waals surface area (Å²) in [4.78, 5) is 3.11. The van der Waals surface area contributed by atoms with Crippen molar-refractivity contribution in [2.75, 3.05) is 10.5 Å². The second-order valence-electron chi connectivity index (χ2n) is 3.63. The predicted molar refractivity (Wildman–Crippen MR) is 76.6 cm³/mol. The molecule has 20 heavy (non-hydrogen) atoms. The van der Waals surface area contributed by atoms with Gasteiger partial charge in [0.05, 0.1) is 6.20 Å². The molecule has 0 fully saturated rings. The molecule has 0 atom stereocenters. The molecular weight excluding hydrogens is 327 g/mol. The Hall–Kier alpha value is -1.71. The Bertz CT molecular complexity index is 776. The van der Waals surface area contributed by atoms with Crippen LogP contribution in [0.3, 0.4) is 0 Å². The first-order chi connectivity index (χ1) is 9.33. The molecule has 0 radical (unpaired) electrons. The van der Waals surface area contributed by atoms with Crippen molar-refractivity contribution in [2.24, 2.45) is 0 Å². The van der Waals surface area contributed by atoms with E-state index in [-0.39, 0.29) is 16.4 Å². The first-order valence-corrected chi connectivity index (χ1v) is 7.75. The summed E-state index contributed by atoms with van der Waals surface area (Å²) in [6, 6.07) is 1.83. The van der Waals surface area contributed by atoms with Crippen molar-refractivity contribution in [3.8, 4) is 0 Å². The summed E-state index contributed by atoms with van der Waals surface area (Å²) in [5, 5.41) is 7.13. The van der Waals surface area contributed by atoms with Crippen molar-refractivity contribution in [1.82, 2.24) is 4.98 Å². The second-order valence-corrected chi connectivity index (χ2v) is 6.94. The molecule has 2 aromatic rings. The Morgan fingerprint density at radius 1 is 1.50 bits per heavy atom. The maximum atomic E-state index is 13.8. The van der Waals surface area contributed by atoms with Crippen LogP contribution in [0.4, 0.5) is 15.2 Å². The largest absolute Gasteiger partial charge is 0.398 e. The van der Waals surface area contributed by atoms with Crippen LogP contribution in [0.1, 0.15) is 5.56 Å². The summed E-state index contributed by atoms with van der Waals surface area (Å²) in [6.45, 7) is 0. The molecule has 0 aliphatic heterocycles. The smallest absolute Gasteiger partial charge is 0.266 e. The summed E-state index contributed by atoms with van der Waals surface area (Å²) in [6.07, 6.45) is 2.11. The van der Waals surface area contributed by atoms with Gasteiger partial charge < -0.3 is 11.1 Å². The molecule has 10 heteroatoms. The van der Waals surface area contributed by atoms with E-state index in [2.05, 4.69) is 9.71 Å². The van der Waals surface area contributed by atoms with E-state index in [0.29, 0.717) is 4.34 Å². The van der Waals surface area contributed by atoms with Crippen molar-refractivity contribution in [1.29, 1.82) is 5.41 Å². The molecule has 106 valence electrons. The Kier molecular flexibility index (Phi) is 3.93. The molecule has 0 unspecified atom stereocenters. The van der Waals surface area contributed by atoms with Gasteiger partial charge in [0, 0.05) is 17.5 Å². The number of thiazole rings is 1. The zero-order chi connectivity index (χ0) is 14.9. The fourth-order valence-corrected chi connectivity index (χ4v) is 3.54. The molecule has 6 nitrogen and oxygen atoms in total. The van der Waals surface area contributed by atoms with Gasteiger partial charge in [-0.1, -0.05) is 22.9 Å². The van der Waals surface area contributed by atoms with E-state index in [1.807, 2.05) is 0 Å². The number of hydrogen-bond acceptors (Lipinski definition) is 6. The lowest BCUT2D eigenvalue weighted by atomic mass is 10.2. The third-order valence-corrected chi connectivity index (χ3v) is 4.80. The molecule has 0 bridgehead atoms. The third kappa shape index (κ3) is 2.89. The zero-order valence-electron chi connectivity index (χ0n) is 9.72. The standard InChI is InChI=1S/C10H8ClFN4O2S2/c11-9-4-15-10(19-9)16-20(17,18)8-1-5(3-13)7(14)2-6(8)12/h1-4,13H,14H2,(H,15,16). The Labute approximate surface area is 123 Å². The van der Waals surface area contributed by atoms with E-state index >= 15 is 0 Å². The number of nitrogens with two attached hydrogens (primary N) is 1. The molecule has 2 rings (SSSR count). The summed E-state index contributed by atoms with van der Waals surface area (Å²) < 4.78 is 40.3. The van der Waals surface area contributed by atoms with E-state index in [0.717, 1.165) is 29.7 Å². The van der Waals surface area contributed by atoms with Crippen LogP contribution in [0.15, 0.2) is 23.2 Å². The van der Waals surface area contributed by atoms with Crippen LogP contribution in [0.25, 0.3) is 0 Å². The van der Waals surface area contributed by atoms with Gasteiger partial charge in [0.2, 0.25) is 0 Å². The maximum Gasteiger partial charge on any atom is 0.266 e. The van der Waals surface area contributed by atoms with Crippen molar-refractivity contribution in [2.45, 2.75) is 4.90 Å². The number of nitrogens with one attached hydrogen (secondary N) is 2. The average Bonchev–Trinajstić information content (AvgIpc) is 2.73. The Morgan fingerprint density at radius 2 is 2.20 bits per heavy atom. The van der Waals surface area contributed by atoms with Crippen LogP contribution in [0, 0.1) is 11.2 Å². The van der Waals surface area contributed by atoms with E-state index in [4.69, 9.17) is 22.7 Å². The number of benzene rings is 1. The number of aromatic nitrogens is 1. The monoisotopic (exact) mass is 334 g/mol. The van der Waals surface area contributed by atoms with Crippen LogP contribution in [-0.4, -0.2) is 19.6 Å². The number of halogens is 2. The van der Waals surface area contributed by atoms with Crippen LogP contribution in [0.5, 0.6) is 0 Å². The summed E-state index contributed by atoms with van der Waals surface area (Å²) in [5.41, 5.74) is 5.55. The molecule has 1 aromatic carbocycles. The molecule has 0 spiro atoms. The van der Waals surface area contributed by atoms with Crippen molar-refractivity contribution < 1.29 is 12.8 Å². The van der Waals surface area contributed by atoms with E-state index < -0.39 is 20.7 Å². The van der Waals surface area contributed by atoms with Gasteiger partial charge in [0.15, 0.2) is 5.13 Å². The molecule has 0 amide bonds. The van der Waals surface area contributed by atoms with Crippen molar-refractivity contribution in [3.63, 3.8) is 0 Å². The van der Waals surface area contributed by atoms with Crippen LogP contribution in [0.2, 0.25) is 4.34 Å². The summed E-state index contributed by atoms with van der Waals surface area (Å²) in [5.74, 6) is -1.01. The fourth-order valence-electron chi connectivity index (χ4n) is 1.39. The molecule has 4 N–H and O–H groups in total. The molecule has 0 saturated heterocycles. The van der Waals surface area contributed by atoms with Gasteiger partial charge >= 0.3 is 0 Å². The molecule has 1 heterocycles. The van der Waals surface area contributed by atoms with Crippen molar-refractivity contribution in [3.05, 3.63) is 34.0 Å². The van der Waals surface area contributed by atoms with Gasteiger partial charge in [-0.2, -0.15) is 0 Å². The molecule has 0 aliphatic rings. The minimum absolute atomic E-state index is 0.0163. The topological polar surface area (TPSA) is 109 Å². The Morgan fingerprint density at radius 3 is 2.75 bits per heavy atom. The summed E-state index contributed by atoms with van der Waals surface area (Å²) in [7, 11) is -4.17. The lowest BCUT2D eigenvalue weighted by molar-refractivity contribution is 0.570. The van der Waals surface area contributed by atoms with Crippen LogP contribution < -0.4 is 10.5 Å². The summed E-state index contributed by atoms with van der Waals surface area (Å²) >= 11 is 6.54.